The summed E-state index contributed by atoms with van der Waals surface area (Å²) in [7, 11) is 0. The Labute approximate surface area is 208 Å². The van der Waals surface area contributed by atoms with Crippen molar-refractivity contribution in [1.82, 2.24) is 0 Å². The minimum Gasteiger partial charge on any atom is -0.374 e. The molecule has 10 heteroatoms. The normalized spacial score (nSPS) is 17.8. The SMILES string of the molecule is Cc1ccc(C2=NOC(c3cc(Cl)cc(Cl)c3)(C(F)(F)F)C2)cc1NC(=O)c1cccc(Cl)c1. The molecule has 0 aliphatic carbocycles. The summed E-state index contributed by atoms with van der Waals surface area (Å²) in [6, 6.07) is 14.9. The number of halogens is 6. The molecule has 3 aromatic rings. The molecule has 1 aliphatic heterocycles. The number of amides is 1. The number of hydrogen-bond donors (Lipinski definition) is 1. The molecule has 4 rings (SSSR count). The molecule has 0 saturated heterocycles. The van der Waals surface area contributed by atoms with Crippen LogP contribution in [-0.2, 0) is 10.4 Å². The van der Waals surface area contributed by atoms with Gasteiger partial charge in [-0.25, -0.2) is 0 Å². The summed E-state index contributed by atoms with van der Waals surface area (Å²) in [6.45, 7) is 1.76. The molecule has 1 unspecified atom stereocenters. The third-order valence-electron chi connectivity index (χ3n) is 5.42. The Bertz CT molecular complexity index is 1290. The molecule has 176 valence electrons. The van der Waals surface area contributed by atoms with E-state index in [1.165, 1.54) is 12.1 Å². The number of benzene rings is 3. The minimum atomic E-state index is -4.80. The van der Waals surface area contributed by atoms with Gasteiger partial charge in [-0.3, -0.25) is 4.79 Å². The molecule has 0 fully saturated rings. The first-order valence-electron chi connectivity index (χ1n) is 9.95. The second kappa shape index (κ2) is 9.13. The van der Waals surface area contributed by atoms with E-state index in [1.807, 2.05) is 0 Å². The molecule has 1 N–H and O–H groups in total. The van der Waals surface area contributed by atoms with Gasteiger partial charge in [0.05, 0.1) is 5.71 Å². The van der Waals surface area contributed by atoms with Crippen LogP contribution in [0.15, 0.2) is 65.8 Å². The summed E-state index contributed by atoms with van der Waals surface area (Å²) >= 11 is 17.8. The maximum atomic E-state index is 14.2. The molecular weight excluding hydrogens is 512 g/mol. The van der Waals surface area contributed by atoms with Crippen LogP contribution < -0.4 is 5.32 Å². The molecule has 1 aliphatic rings. The predicted molar refractivity (Wildman–Crippen MR) is 127 cm³/mol. The van der Waals surface area contributed by atoms with Gasteiger partial charge >= 0.3 is 6.18 Å². The van der Waals surface area contributed by atoms with E-state index in [0.717, 1.165) is 12.1 Å². The van der Waals surface area contributed by atoms with Gasteiger partial charge in [0.25, 0.3) is 11.5 Å². The Hall–Kier alpha value is -2.74. The van der Waals surface area contributed by atoms with E-state index >= 15 is 0 Å². The summed E-state index contributed by atoms with van der Waals surface area (Å²) in [4.78, 5) is 17.7. The van der Waals surface area contributed by atoms with Gasteiger partial charge in [0.2, 0.25) is 0 Å². The number of oxime groups is 1. The van der Waals surface area contributed by atoms with Crippen molar-refractivity contribution in [1.29, 1.82) is 0 Å². The van der Waals surface area contributed by atoms with Crippen molar-refractivity contribution in [3.05, 3.63) is 98.0 Å². The smallest absolute Gasteiger partial charge is 0.374 e. The zero-order valence-electron chi connectivity index (χ0n) is 17.5. The average molecular weight is 528 g/mol. The van der Waals surface area contributed by atoms with E-state index in [-0.39, 0.29) is 21.3 Å². The molecule has 0 aromatic heterocycles. The van der Waals surface area contributed by atoms with Crippen molar-refractivity contribution < 1.29 is 22.8 Å². The number of aryl methyl sites for hydroxylation is 1. The summed E-state index contributed by atoms with van der Waals surface area (Å²) in [5.41, 5.74) is -1.10. The third-order valence-corrected chi connectivity index (χ3v) is 6.09. The number of nitrogens with one attached hydrogen (secondary N) is 1. The van der Waals surface area contributed by atoms with Crippen molar-refractivity contribution in [2.75, 3.05) is 5.32 Å². The molecule has 1 atom stereocenters. The van der Waals surface area contributed by atoms with E-state index in [2.05, 4.69) is 10.5 Å². The molecule has 0 saturated carbocycles. The number of hydrogen-bond acceptors (Lipinski definition) is 3. The summed E-state index contributed by atoms with van der Waals surface area (Å²) in [5.74, 6) is -0.412. The van der Waals surface area contributed by atoms with E-state index in [1.54, 1.807) is 43.3 Å². The van der Waals surface area contributed by atoms with Gasteiger partial charge in [0.1, 0.15) is 0 Å². The van der Waals surface area contributed by atoms with Crippen LogP contribution in [0.4, 0.5) is 18.9 Å². The Kier molecular flexibility index (Phi) is 6.55. The summed E-state index contributed by atoms with van der Waals surface area (Å²) in [6.07, 6.45) is -5.40. The van der Waals surface area contributed by atoms with Gasteiger partial charge in [-0.15, -0.1) is 0 Å². The molecule has 0 radical (unpaired) electrons. The van der Waals surface area contributed by atoms with Gasteiger partial charge in [-0.1, -0.05) is 58.2 Å². The van der Waals surface area contributed by atoms with Crippen LogP contribution in [0.5, 0.6) is 0 Å². The van der Waals surface area contributed by atoms with Crippen molar-refractivity contribution in [3.63, 3.8) is 0 Å². The molecular formula is C24H16Cl3F3N2O2. The highest BCUT2D eigenvalue weighted by Crippen LogP contribution is 2.49. The quantitative estimate of drug-likeness (QED) is 0.376. The fraction of sp³-hybridized carbons (Fsp3) is 0.167. The molecule has 3 aromatic carbocycles. The van der Waals surface area contributed by atoms with Crippen LogP contribution >= 0.6 is 34.8 Å². The van der Waals surface area contributed by atoms with Crippen LogP contribution in [-0.4, -0.2) is 17.8 Å². The maximum Gasteiger partial charge on any atom is 0.435 e. The molecule has 0 bridgehead atoms. The molecule has 4 nitrogen and oxygen atoms in total. The highest BCUT2D eigenvalue weighted by molar-refractivity contribution is 6.34. The lowest BCUT2D eigenvalue weighted by Gasteiger charge is -2.29. The fourth-order valence-electron chi connectivity index (χ4n) is 3.61. The van der Waals surface area contributed by atoms with Crippen LogP contribution in [0.2, 0.25) is 15.1 Å². The van der Waals surface area contributed by atoms with Crippen molar-refractivity contribution >= 4 is 52.1 Å². The zero-order chi connectivity index (χ0) is 24.7. The van der Waals surface area contributed by atoms with Crippen molar-refractivity contribution in [2.24, 2.45) is 5.16 Å². The lowest BCUT2D eigenvalue weighted by molar-refractivity contribution is -0.275. The number of nitrogens with zero attached hydrogens (tertiary/aromatic N) is 1. The Balaban J connectivity index is 1.65. The summed E-state index contributed by atoms with van der Waals surface area (Å²) < 4.78 is 42.7. The lowest BCUT2D eigenvalue weighted by atomic mass is 9.86. The van der Waals surface area contributed by atoms with Gasteiger partial charge in [0.15, 0.2) is 0 Å². The Morgan fingerprint density at radius 1 is 1.00 bits per heavy atom. The largest absolute Gasteiger partial charge is 0.435 e. The van der Waals surface area contributed by atoms with Gasteiger partial charge in [-0.2, -0.15) is 13.2 Å². The first-order chi connectivity index (χ1) is 16.0. The molecule has 1 heterocycles. The zero-order valence-corrected chi connectivity index (χ0v) is 19.8. The number of alkyl halides is 3. The van der Waals surface area contributed by atoms with E-state index in [4.69, 9.17) is 39.6 Å². The highest BCUT2D eigenvalue weighted by atomic mass is 35.5. The topological polar surface area (TPSA) is 50.7 Å². The predicted octanol–water partition coefficient (Wildman–Crippen LogP) is 7.79. The summed E-state index contributed by atoms with van der Waals surface area (Å²) in [5, 5.41) is 7.02. The van der Waals surface area contributed by atoms with Gasteiger partial charge in [-0.05, 0) is 55.0 Å². The van der Waals surface area contributed by atoms with Crippen LogP contribution in [0, 0.1) is 6.92 Å². The van der Waals surface area contributed by atoms with Crippen LogP contribution in [0.3, 0.4) is 0 Å². The first kappa shape index (κ1) is 24.4. The standard InChI is InChI=1S/C24H16Cl3F3N2O2/c1-13-5-6-14(8-20(13)31-22(33)15-3-2-4-17(25)7-15)21-12-23(34-32-21,24(28,29)30)16-9-18(26)11-19(27)10-16/h2-11H,12H2,1H3,(H,31,33). The molecule has 1 amide bonds. The highest BCUT2D eigenvalue weighted by Gasteiger charge is 2.62. The van der Waals surface area contributed by atoms with Gasteiger partial charge in [0, 0.05) is 43.9 Å². The second-order valence-electron chi connectivity index (χ2n) is 7.78. The molecule has 34 heavy (non-hydrogen) atoms. The second-order valence-corrected chi connectivity index (χ2v) is 9.09. The van der Waals surface area contributed by atoms with Crippen LogP contribution in [0.25, 0.3) is 0 Å². The monoisotopic (exact) mass is 526 g/mol. The Morgan fingerprint density at radius 2 is 1.71 bits per heavy atom. The third kappa shape index (κ3) is 4.73. The van der Waals surface area contributed by atoms with E-state index in [9.17, 15) is 18.0 Å². The van der Waals surface area contributed by atoms with Crippen LogP contribution in [0.1, 0.15) is 33.5 Å². The van der Waals surface area contributed by atoms with Crippen molar-refractivity contribution in [2.45, 2.75) is 25.1 Å². The van der Waals surface area contributed by atoms with Crippen molar-refractivity contribution in [3.8, 4) is 0 Å². The van der Waals surface area contributed by atoms with Gasteiger partial charge < -0.3 is 10.2 Å². The maximum absolute atomic E-state index is 14.2. The number of carbonyl (C=O) groups is 1. The molecule has 0 spiro atoms. The number of anilines is 1. The fourth-order valence-corrected chi connectivity index (χ4v) is 4.32. The van der Waals surface area contributed by atoms with E-state index in [0.29, 0.717) is 27.4 Å². The van der Waals surface area contributed by atoms with E-state index < -0.39 is 24.1 Å². The minimum absolute atomic E-state index is 0.0459. The number of carbonyl (C=O) groups excluding carboxylic acids is 1. The lowest BCUT2D eigenvalue weighted by Crippen LogP contribution is -2.42. The average Bonchev–Trinajstić information content (AvgIpc) is 3.22. The number of rotatable bonds is 4. The first-order valence-corrected chi connectivity index (χ1v) is 11.1. The Morgan fingerprint density at radius 3 is 2.35 bits per heavy atom.